The van der Waals surface area contributed by atoms with Gasteiger partial charge in [-0.3, -0.25) is 0 Å². The lowest BCUT2D eigenvalue weighted by molar-refractivity contribution is 0.628. The summed E-state index contributed by atoms with van der Waals surface area (Å²) in [6.07, 6.45) is 0. The van der Waals surface area contributed by atoms with Gasteiger partial charge in [-0.15, -0.1) is 11.3 Å². The van der Waals surface area contributed by atoms with E-state index in [4.69, 9.17) is 0 Å². The van der Waals surface area contributed by atoms with Crippen molar-refractivity contribution < 1.29 is 4.39 Å². The summed E-state index contributed by atoms with van der Waals surface area (Å²) >= 11 is 1.72. The second-order valence-electron chi connectivity index (χ2n) is 3.84. The van der Waals surface area contributed by atoms with Crippen molar-refractivity contribution in [2.45, 2.75) is 19.9 Å². The molecule has 0 aliphatic carbocycles. The number of anilines is 1. The van der Waals surface area contributed by atoms with Crippen LogP contribution < -0.4 is 5.32 Å². The van der Waals surface area contributed by atoms with Crippen molar-refractivity contribution in [1.29, 1.82) is 0 Å². The number of rotatable bonds is 3. The Morgan fingerprint density at radius 3 is 2.75 bits per heavy atom. The molecule has 1 heterocycles. The van der Waals surface area contributed by atoms with E-state index in [2.05, 4.69) is 30.6 Å². The summed E-state index contributed by atoms with van der Waals surface area (Å²) in [4.78, 5) is 1.30. The highest BCUT2D eigenvalue weighted by atomic mass is 32.1. The predicted molar refractivity (Wildman–Crippen MR) is 67.5 cm³/mol. The van der Waals surface area contributed by atoms with Crippen LogP contribution >= 0.6 is 11.3 Å². The van der Waals surface area contributed by atoms with Gasteiger partial charge < -0.3 is 5.32 Å². The van der Waals surface area contributed by atoms with Crippen molar-refractivity contribution in [3.8, 4) is 0 Å². The van der Waals surface area contributed by atoms with Crippen molar-refractivity contribution in [2.75, 3.05) is 5.32 Å². The molecule has 2 rings (SSSR count). The molecule has 0 aliphatic heterocycles. The van der Waals surface area contributed by atoms with Crippen LogP contribution in [0.5, 0.6) is 0 Å². The third-order valence-corrected chi connectivity index (χ3v) is 3.70. The van der Waals surface area contributed by atoms with E-state index in [0.29, 0.717) is 0 Å². The Morgan fingerprint density at radius 2 is 2.12 bits per heavy atom. The van der Waals surface area contributed by atoms with Gasteiger partial charge in [0.2, 0.25) is 0 Å². The summed E-state index contributed by atoms with van der Waals surface area (Å²) in [7, 11) is 0. The largest absolute Gasteiger partial charge is 0.378 e. The molecule has 16 heavy (non-hydrogen) atoms. The van der Waals surface area contributed by atoms with E-state index in [1.165, 1.54) is 22.6 Å². The number of aryl methyl sites for hydroxylation is 1. The highest BCUT2D eigenvalue weighted by Crippen LogP contribution is 2.26. The topological polar surface area (TPSA) is 12.0 Å². The maximum absolute atomic E-state index is 13.0. The first kappa shape index (κ1) is 11.1. The van der Waals surface area contributed by atoms with Crippen molar-refractivity contribution in [1.82, 2.24) is 0 Å². The second-order valence-corrected chi connectivity index (χ2v) is 4.79. The summed E-state index contributed by atoms with van der Waals surface area (Å²) in [5.74, 6) is -0.208. The fourth-order valence-electron chi connectivity index (χ4n) is 1.72. The highest BCUT2D eigenvalue weighted by Gasteiger charge is 2.09. The van der Waals surface area contributed by atoms with Crippen molar-refractivity contribution in [2.24, 2.45) is 0 Å². The van der Waals surface area contributed by atoms with Crippen LogP contribution in [0, 0.1) is 12.7 Å². The third-order valence-electron chi connectivity index (χ3n) is 2.50. The molecule has 1 unspecified atom stereocenters. The van der Waals surface area contributed by atoms with Crippen molar-refractivity contribution in [3.63, 3.8) is 0 Å². The second kappa shape index (κ2) is 4.66. The molecular weight excluding hydrogens is 221 g/mol. The summed E-state index contributed by atoms with van der Waals surface area (Å²) < 4.78 is 13.0. The Hall–Kier alpha value is -1.35. The van der Waals surface area contributed by atoms with Gasteiger partial charge >= 0.3 is 0 Å². The zero-order valence-electron chi connectivity index (χ0n) is 9.33. The number of thiophene rings is 1. The zero-order valence-corrected chi connectivity index (χ0v) is 10.1. The summed E-state index contributed by atoms with van der Waals surface area (Å²) in [6.45, 7) is 4.18. The molecule has 0 aliphatic rings. The van der Waals surface area contributed by atoms with Crippen LogP contribution in [0.25, 0.3) is 0 Å². The van der Waals surface area contributed by atoms with Gasteiger partial charge in [-0.2, -0.15) is 0 Å². The minimum absolute atomic E-state index is 0.208. The SMILES string of the molecule is Cc1ccsc1C(C)Nc1cccc(F)c1. The van der Waals surface area contributed by atoms with Crippen LogP contribution in [0.3, 0.4) is 0 Å². The van der Waals surface area contributed by atoms with Crippen LogP contribution in [0.15, 0.2) is 35.7 Å². The minimum Gasteiger partial charge on any atom is -0.378 e. The first-order valence-electron chi connectivity index (χ1n) is 5.23. The Bertz CT molecular complexity index is 478. The number of halogens is 1. The van der Waals surface area contributed by atoms with E-state index in [0.717, 1.165) is 5.69 Å². The molecular formula is C13H14FNS. The molecule has 0 saturated carbocycles. The fourth-order valence-corrected chi connectivity index (χ4v) is 2.66. The quantitative estimate of drug-likeness (QED) is 0.833. The monoisotopic (exact) mass is 235 g/mol. The van der Waals surface area contributed by atoms with E-state index >= 15 is 0 Å². The molecule has 0 fully saturated rings. The molecule has 1 aromatic heterocycles. The first-order valence-corrected chi connectivity index (χ1v) is 6.11. The van der Waals surface area contributed by atoms with Crippen LogP contribution in [-0.4, -0.2) is 0 Å². The first-order chi connectivity index (χ1) is 7.66. The minimum atomic E-state index is -0.208. The van der Waals surface area contributed by atoms with Crippen LogP contribution in [-0.2, 0) is 0 Å². The molecule has 0 spiro atoms. The van der Waals surface area contributed by atoms with E-state index in [1.54, 1.807) is 17.4 Å². The van der Waals surface area contributed by atoms with Crippen LogP contribution in [0.1, 0.15) is 23.4 Å². The van der Waals surface area contributed by atoms with Gasteiger partial charge in [0.25, 0.3) is 0 Å². The Labute approximate surface area is 98.9 Å². The molecule has 3 heteroatoms. The average molecular weight is 235 g/mol. The summed E-state index contributed by atoms with van der Waals surface area (Å²) in [5, 5.41) is 5.37. The van der Waals surface area contributed by atoms with Gasteiger partial charge in [-0.05, 0) is 49.1 Å². The van der Waals surface area contributed by atoms with E-state index < -0.39 is 0 Å². The molecule has 0 radical (unpaired) electrons. The number of nitrogens with one attached hydrogen (secondary N) is 1. The Morgan fingerprint density at radius 1 is 1.31 bits per heavy atom. The maximum atomic E-state index is 13.0. The third kappa shape index (κ3) is 2.42. The van der Waals surface area contributed by atoms with Gasteiger partial charge in [0.1, 0.15) is 5.82 Å². The molecule has 0 amide bonds. The number of benzene rings is 1. The predicted octanol–water partition coefficient (Wildman–Crippen LogP) is 4.37. The number of hydrogen-bond acceptors (Lipinski definition) is 2. The summed E-state index contributed by atoms with van der Waals surface area (Å²) in [6, 6.07) is 8.87. The molecule has 1 atom stereocenters. The van der Waals surface area contributed by atoms with Gasteiger partial charge in [0.05, 0.1) is 6.04 Å². The average Bonchev–Trinajstić information content (AvgIpc) is 2.64. The smallest absolute Gasteiger partial charge is 0.125 e. The Kier molecular flexibility index (Phi) is 3.25. The van der Waals surface area contributed by atoms with Gasteiger partial charge in [0.15, 0.2) is 0 Å². The van der Waals surface area contributed by atoms with Crippen LogP contribution in [0.2, 0.25) is 0 Å². The molecule has 84 valence electrons. The van der Waals surface area contributed by atoms with E-state index in [9.17, 15) is 4.39 Å². The van der Waals surface area contributed by atoms with E-state index in [1.807, 2.05) is 6.07 Å². The lowest BCUT2D eigenvalue weighted by atomic mass is 10.2. The summed E-state index contributed by atoms with van der Waals surface area (Å²) in [5.41, 5.74) is 2.10. The molecule has 0 bridgehead atoms. The Balaban J connectivity index is 2.14. The van der Waals surface area contributed by atoms with Gasteiger partial charge in [-0.1, -0.05) is 6.07 Å². The molecule has 2 aromatic rings. The number of hydrogen-bond donors (Lipinski definition) is 1. The maximum Gasteiger partial charge on any atom is 0.125 e. The van der Waals surface area contributed by atoms with Crippen LogP contribution in [0.4, 0.5) is 10.1 Å². The molecule has 1 nitrogen and oxygen atoms in total. The zero-order chi connectivity index (χ0) is 11.5. The molecule has 1 aromatic carbocycles. The molecule has 1 N–H and O–H groups in total. The molecule has 0 saturated heterocycles. The standard InChI is InChI=1S/C13H14FNS/c1-9-6-7-16-13(9)10(2)15-12-5-3-4-11(14)8-12/h3-8,10,15H,1-2H3. The van der Waals surface area contributed by atoms with Gasteiger partial charge in [-0.25, -0.2) is 4.39 Å². The normalized spacial score (nSPS) is 12.4. The fraction of sp³-hybridized carbons (Fsp3) is 0.231. The van der Waals surface area contributed by atoms with E-state index in [-0.39, 0.29) is 11.9 Å². The lowest BCUT2D eigenvalue weighted by Crippen LogP contribution is -2.06. The van der Waals surface area contributed by atoms with Crippen molar-refractivity contribution >= 4 is 17.0 Å². The van der Waals surface area contributed by atoms with Crippen molar-refractivity contribution in [3.05, 3.63) is 52.0 Å². The van der Waals surface area contributed by atoms with Gasteiger partial charge in [0, 0.05) is 10.6 Å². The lowest BCUT2D eigenvalue weighted by Gasteiger charge is -2.14. The highest BCUT2D eigenvalue weighted by molar-refractivity contribution is 7.10.